The SMILES string of the molecule is Cc1cc2c(cc1Br)NC(=O)[C@@]21C(C#N)=C(N)Oc2cc(N)ccc21. The Morgan fingerprint density at radius 3 is 2.72 bits per heavy atom. The summed E-state index contributed by atoms with van der Waals surface area (Å²) in [4.78, 5) is 13.1. The summed E-state index contributed by atoms with van der Waals surface area (Å²) in [6.45, 7) is 1.92. The number of benzene rings is 2. The lowest BCUT2D eigenvalue weighted by Crippen LogP contribution is -2.42. The van der Waals surface area contributed by atoms with Crippen molar-refractivity contribution in [3.05, 3.63) is 63.0 Å². The average Bonchev–Trinajstić information content (AvgIpc) is 2.81. The number of ether oxygens (including phenoxy) is 1. The quantitative estimate of drug-likeness (QED) is 0.592. The molecule has 25 heavy (non-hydrogen) atoms. The van der Waals surface area contributed by atoms with Crippen molar-refractivity contribution >= 4 is 33.2 Å². The molecule has 1 amide bonds. The Hall–Kier alpha value is -2.98. The monoisotopic (exact) mass is 396 g/mol. The first kappa shape index (κ1) is 15.5. The predicted octanol–water partition coefficient (Wildman–Crippen LogP) is 2.66. The van der Waals surface area contributed by atoms with E-state index in [0.29, 0.717) is 28.3 Å². The van der Waals surface area contributed by atoms with Gasteiger partial charge in [-0.05, 0) is 24.6 Å². The van der Waals surface area contributed by atoms with Crippen molar-refractivity contribution in [2.24, 2.45) is 5.73 Å². The molecule has 124 valence electrons. The van der Waals surface area contributed by atoms with Crippen LogP contribution in [-0.4, -0.2) is 5.91 Å². The molecule has 2 aromatic carbocycles. The van der Waals surface area contributed by atoms with Gasteiger partial charge in [0.25, 0.3) is 0 Å². The van der Waals surface area contributed by atoms with Crippen LogP contribution in [0, 0.1) is 18.3 Å². The number of rotatable bonds is 0. The van der Waals surface area contributed by atoms with Gasteiger partial charge in [-0.1, -0.05) is 28.1 Å². The molecule has 0 bridgehead atoms. The van der Waals surface area contributed by atoms with Gasteiger partial charge in [0.05, 0.1) is 0 Å². The molecule has 5 N–H and O–H groups in total. The number of anilines is 2. The fourth-order valence-corrected chi connectivity index (χ4v) is 3.85. The summed E-state index contributed by atoms with van der Waals surface area (Å²) < 4.78 is 6.45. The van der Waals surface area contributed by atoms with E-state index in [1.807, 2.05) is 19.1 Å². The molecule has 0 saturated carbocycles. The van der Waals surface area contributed by atoms with E-state index in [9.17, 15) is 10.1 Å². The highest BCUT2D eigenvalue weighted by Crippen LogP contribution is 2.54. The van der Waals surface area contributed by atoms with Gasteiger partial charge in [0.15, 0.2) is 0 Å². The van der Waals surface area contributed by atoms with E-state index in [1.165, 1.54) is 0 Å². The fraction of sp³-hybridized carbons (Fsp3) is 0.111. The largest absolute Gasteiger partial charge is 0.440 e. The average molecular weight is 397 g/mol. The maximum absolute atomic E-state index is 13.1. The Balaban J connectivity index is 2.15. The lowest BCUT2D eigenvalue weighted by Gasteiger charge is -2.34. The number of nitrogens with zero attached hydrogens (tertiary/aromatic N) is 1. The van der Waals surface area contributed by atoms with Crippen LogP contribution in [0.3, 0.4) is 0 Å². The number of fused-ring (bicyclic) bond motifs is 4. The van der Waals surface area contributed by atoms with E-state index < -0.39 is 5.41 Å². The zero-order valence-electron chi connectivity index (χ0n) is 13.2. The summed E-state index contributed by atoms with van der Waals surface area (Å²) in [5, 5.41) is 12.6. The second kappa shape index (κ2) is 5.01. The maximum atomic E-state index is 13.1. The highest BCUT2D eigenvalue weighted by Gasteiger charge is 2.56. The molecule has 6 nitrogen and oxygen atoms in total. The third-order valence-corrected chi connectivity index (χ3v) is 5.51. The number of hydrogen-bond donors (Lipinski definition) is 3. The van der Waals surface area contributed by atoms with Gasteiger partial charge in [-0.15, -0.1) is 0 Å². The number of carbonyl (C=O) groups is 1. The van der Waals surface area contributed by atoms with Crippen molar-refractivity contribution in [3.8, 4) is 11.8 Å². The molecule has 0 unspecified atom stereocenters. The third kappa shape index (κ3) is 1.86. The molecule has 0 fully saturated rings. The highest BCUT2D eigenvalue weighted by atomic mass is 79.9. The number of carbonyl (C=O) groups excluding carboxylic acids is 1. The first-order valence-corrected chi connectivity index (χ1v) is 8.29. The van der Waals surface area contributed by atoms with Crippen LogP contribution >= 0.6 is 15.9 Å². The summed E-state index contributed by atoms with van der Waals surface area (Å²) in [6.07, 6.45) is 0. The van der Waals surface area contributed by atoms with Crippen LogP contribution < -0.4 is 21.5 Å². The molecule has 4 rings (SSSR count). The number of nitrogen functional groups attached to an aromatic ring is 1. The van der Waals surface area contributed by atoms with Crippen molar-refractivity contribution in [2.75, 3.05) is 11.1 Å². The van der Waals surface area contributed by atoms with Crippen LogP contribution in [-0.2, 0) is 10.2 Å². The van der Waals surface area contributed by atoms with Crippen molar-refractivity contribution < 1.29 is 9.53 Å². The summed E-state index contributed by atoms with van der Waals surface area (Å²) >= 11 is 3.47. The molecule has 7 heteroatoms. The predicted molar refractivity (Wildman–Crippen MR) is 96.6 cm³/mol. The molecule has 2 aromatic rings. The molecule has 0 aliphatic carbocycles. The zero-order valence-corrected chi connectivity index (χ0v) is 14.8. The van der Waals surface area contributed by atoms with Crippen LogP contribution in [0.5, 0.6) is 5.75 Å². The number of nitrogens with one attached hydrogen (secondary N) is 1. The number of nitriles is 1. The standard InChI is InChI=1S/C18H13BrN4O2/c1-8-4-11-14(6-13(8)19)23-17(24)18(11)10-3-2-9(21)5-15(10)25-16(22)12(18)7-20/h2-6H,21-22H2,1H3,(H,23,24)/t18-/m1/s1. The topological polar surface area (TPSA) is 114 Å². The molecule has 2 aliphatic rings. The van der Waals surface area contributed by atoms with Crippen molar-refractivity contribution in [1.29, 1.82) is 5.26 Å². The lowest BCUT2D eigenvalue weighted by atomic mass is 9.68. The Morgan fingerprint density at radius 2 is 2.00 bits per heavy atom. The van der Waals surface area contributed by atoms with Gasteiger partial charge in [-0.3, -0.25) is 4.79 Å². The maximum Gasteiger partial charge on any atom is 0.245 e. The number of halogens is 1. The van der Waals surface area contributed by atoms with Crippen LogP contribution in [0.15, 0.2) is 46.3 Å². The van der Waals surface area contributed by atoms with Crippen LogP contribution in [0.2, 0.25) is 0 Å². The van der Waals surface area contributed by atoms with Gasteiger partial charge >= 0.3 is 0 Å². The first-order valence-electron chi connectivity index (χ1n) is 7.50. The van der Waals surface area contributed by atoms with E-state index in [2.05, 4.69) is 27.3 Å². The van der Waals surface area contributed by atoms with E-state index >= 15 is 0 Å². The number of nitrogens with two attached hydrogens (primary N) is 2. The van der Waals surface area contributed by atoms with Crippen LogP contribution in [0.25, 0.3) is 0 Å². The second-order valence-electron chi connectivity index (χ2n) is 6.06. The molecule has 0 saturated heterocycles. The van der Waals surface area contributed by atoms with E-state index in [-0.39, 0.29) is 17.4 Å². The summed E-state index contributed by atoms with van der Waals surface area (Å²) in [6, 6.07) is 10.8. The smallest absolute Gasteiger partial charge is 0.245 e. The van der Waals surface area contributed by atoms with E-state index in [1.54, 1.807) is 18.2 Å². The van der Waals surface area contributed by atoms with Gasteiger partial charge in [0.2, 0.25) is 11.8 Å². The number of amides is 1. The van der Waals surface area contributed by atoms with Gasteiger partial charge in [0, 0.05) is 33.0 Å². The normalized spacial score (nSPS) is 20.6. The molecule has 0 radical (unpaired) electrons. The molecule has 1 atom stereocenters. The highest BCUT2D eigenvalue weighted by molar-refractivity contribution is 9.10. The number of hydrogen-bond acceptors (Lipinski definition) is 5. The lowest BCUT2D eigenvalue weighted by molar-refractivity contribution is -0.118. The van der Waals surface area contributed by atoms with Gasteiger partial charge in [-0.2, -0.15) is 5.26 Å². The molecular weight excluding hydrogens is 384 g/mol. The zero-order chi connectivity index (χ0) is 17.9. The minimum absolute atomic E-state index is 0.0720. The fourth-order valence-electron chi connectivity index (χ4n) is 3.51. The summed E-state index contributed by atoms with van der Waals surface area (Å²) in [7, 11) is 0. The van der Waals surface area contributed by atoms with E-state index in [4.69, 9.17) is 16.2 Å². The first-order chi connectivity index (χ1) is 11.9. The summed E-state index contributed by atoms with van der Waals surface area (Å²) in [5.74, 6) is -0.0573. The molecule has 2 aliphatic heterocycles. The van der Waals surface area contributed by atoms with Gasteiger partial charge in [0.1, 0.15) is 22.8 Å². The summed E-state index contributed by atoms with van der Waals surface area (Å²) in [5.41, 5.74) is 13.8. The third-order valence-electron chi connectivity index (χ3n) is 4.65. The molecular formula is C18H13BrN4O2. The Kier molecular flexibility index (Phi) is 3.11. The van der Waals surface area contributed by atoms with Crippen LogP contribution in [0.1, 0.15) is 16.7 Å². The molecule has 0 aromatic heterocycles. The minimum Gasteiger partial charge on any atom is -0.440 e. The Morgan fingerprint density at radius 1 is 1.24 bits per heavy atom. The van der Waals surface area contributed by atoms with E-state index in [0.717, 1.165) is 10.0 Å². The Bertz CT molecular complexity index is 1040. The van der Waals surface area contributed by atoms with Crippen molar-refractivity contribution in [2.45, 2.75) is 12.3 Å². The van der Waals surface area contributed by atoms with Crippen LogP contribution in [0.4, 0.5) is 11.4 Å². The second-order valence-corrected chi connectivity index (χ2v) is 6.91. The van der Waals surface area contributed by atoms with Crippen molar-refractivity contribution in [3.63, 3.8) is 0 Å². The molecule has 1 spiro atoms. The van der Waals surface area contributed by atoms with Gasteiger partial charge < -0.3 is 21.5 Å². The molecule has 2 heterocycles. The minimum atomic E-state index is -1.35. The van der Waals surface area contributed by atoms with Crippen molar-refractivity contribution in [1.82, 2.24) is 0 Å². The number of aryl methyl sites for hydroxylation is 1. The van der Waals surface area contributed by atoms with Gasteiger partial charge in [-0.25, -0.2) is 0 Å². The Labute approximate surface area is 152 Å².